The number of carbonyl (C=O) groups excluding carboxylic acids is 1. The number of hydrogen-bond acceptors (Lipinski definition) is 5. The molecule has 7 heteroatoms. The molecule has 3 aromatic carbocycles. The van der Waals surface area contributed by atoms with E-state index in [1.165, 1.54) is 5.56 Å². The Labute approximate surface area is 216 Å². The summed E-state index contributed by atoms with van der Waals surface area (Å²) >= 11 is 0. The third-order valence-electron chi connectivity index (χ3n) is 7.46. The van der Waals surface area contributed by atoms with Crippen molar-refractivity contribution in [2.75, 3.05) is 40.1 Å². The number of aromatic amines is 1. The van der Waals surface area contributed by atoms with Crippen LogP contribution in [-0.4, -0.2) is 60.8 Å². The number of piperazine rings is 1. The largest absolute Gasteiger partial charge is 0.497 e. The number of H-pyrrole nitrogens is 1. The van der Waals surface area contributed by atoms with E-state index in [0.29, 0.717) is 6.42 Å². The Balaban J connectivity index is 1.15. The fraction of sp³-hybridized carbons (Fsp3) is 0.300. The molecular formula is C30H31N3O4. The first-order chi connectivity index (χ1) is 18.2. The van der Waals surface area contributed by atoms with Crippen LogP contribution in [0.25, 0.3) is 10.9 Å². The second-order valence-corrected chi connectivity index (χ2v) is 9.66. The van der Waals surface area contributed by atoms with Gasteiger partial charge in [-0.2, -0.15) is 0 Å². The molecule has 1 aromatic heterocycles. The third-order valence-corrected chi connectivity index (χ3v) is 7.46. The maximum Gasteiger partial charge on any atom is 0.231 e. The van der Waals surface area contributed by atoms with Gasteiger partial charge in [-0.1, -0.05) is 36.4 Å². The third kappa shape index (κ3) is 4.87. The highest BCUT2D eigenvalue weighted by atomic mass is 16.7. The zero-order chi connectivity index (χ0) is 25.2. The molecular weight excluding hydrogens is 466 g/mol. The predicted octanol–water partition coefficient (Wildman–Crippen LogP) is 4.77. The van der Waals surface area contributed by atoms with Gasteiger partial charge < -0.3 is 24.1 Å². The van der Waals surface area contributed by atoms with E-state index in [-0.39, 0.29) is 18.6 Å². The number of benzene rings is 3. The van der Waals surface area contributed by atoms with Gasteiger partial charge >= 0.3 is 0 Å². The van der Waals surface area contributed by atoms with Crippen LogP contribution in [0.1, 0.15) is 29.0 Å². The topological polar surface area (TPSA) is 67.0 Å². The molecule has 0 bridgehead atoms. The minimum Gasteiger partial charge on any atom is -0.497 e. The maximum atomic E-state index is 13.6. The Kier molecular flexibility index (Phi) is 6.45. The maximum absolute atomic E-state index is 13.6. The number of carbonyl (C=O) groups is 1. The fourth-order valence-corrected chi connectivity index (χ4v) is 5.38. The first kappa shape index (κ1) is 23.4. The second-order valence-electron chi connectivity index (χ2n) is 9.66. The summed E-state index contributed by atoms with van der Waals surface area (Å²) < 4.78 is 16.3. The van der Waals surface area contributed by atoms with Crippen molar-refractivity contribution in [1.82, 2.24) is 14.8 Å². The van der Waals surface area contributed by atoms with Crippen molar-refractivity contribution in [1.29, 1.82) is 0 Å². The monoisotopic (exact) mass is 497 g/mol. The molecule has 1 atom stereocenters. The molecule has 3 heterocycles. The fourth-order valence-electron chi connectivity index (χ4n) is 5.38. The van der Waals surface area contributed by atoms with Crippen molar-refractivity contribution in [3.8, 4) is 17.2 Å². The Morgan fingerprint density at radius 2 is 1.76 bits per heavy atom. The van der Waals surface area contributed by atoms with Crippen molar-refractivity contribution < 1.29 is 19.0 Å². The van der Waals surface area contributed by atoms with E-state index in [9.17, 15) is 4.79 Å². The van der Waals surface area contributed by atoms with Crippen molar-refractivity contribution >= 4 is 16.8 Å². The summed E-state index contributed by atoms with van der Waals surface area (Å²) in [6.07, 6.45) is 2.48. The highest BCUT2D eigenvalue weighted by molar-refractivity contribution is 5.86. The van der Waals surface area contributed by atoms with Gasteiger partial charge in [0.25, 0.3) is 0 Å². The minimum absolute atomic E-state index is 0.0405. The standard InChI is InChI=1S/C30H31N3O4/c1-35-23-9-7-22(8-10-23)25(26-18-31-27-5-3-2-4-24(26)27)17-30(34)33-14-12-32(13-15-33)19-21-6-11-28-29(16-21)37-20-36-28/h2-11,16,18,25,31H,12-15,17,19-20H2,1H3/t25-/m0/s1. The van der Waals surface area contributed by atoms with E-state index in [1.54, 1.807) is 7.11 Å². The highest BCUT2D eigenvalue weighted by Gasteiger charge is 2.27. The summed E-state index contributed by atoms with van der Waals surface area (Å²) in [5.41, 5.74) is 4.54. The molecule has 0 saturated carbocycles. The van der Waals surface area contributed by atoms with Crippen LogP contribution in [0.4, 0.5) is 0 Å². The Hall–Kier alpha value is -3.97. The lowest BCUT2D eigenvalue weighted by Gasteiger charge is -2.35. The summed E-state index contributed by atoms with van der Waals surface area (Å²) in [4.78, 5) is 21.4. The molecule has 2 aliphatic rings. The number of fused-ring (bicyclic) bond motifs is 2. The van der Waals surface area contributed by atoms with Gasteiger partial charge in [0, 0.05) is 62.2 Å². The zero-order valence-corrected chi connectivity index (χ0v) is 21.0. The molecule has 4 aromatic rings. The molecule has 7 nitrogen and oxygen atoms in total. The number of rotatable bonds is 7. The molecule has 190 valence electrons. The molecule has 0 spiro atoms. The quantitative estimate of drug-likeness (QED) is 0.398. The molecule has 0 aliphatic carbocycles. The lowest BCUT2D eigenvalue weighted by molar-refractivity contribution is -0.133. The van der Waals surface area contributed by atoms with Gasteiger partial charge in [0.15, 0.2) is 11.5 Å². The van der Waals surface area contributed by atoms with Gasteiger partial charge in [-0.05, 0) is 47.0 Å². The lowest BCUT2D eigenvalue weighted by atomic mass is 9.87. The average Bonchev–Trinajstić information content (AvgIpc) is 3.59. The summed E-state index contributed by atoms with van der Waals surface area (Å²) in [6, 6.07) is 22.5. The lowest BCUT2D eigenvalue weighted by Crippen LogP contribution is -2.48. The van der Waals surface area contributed by atoms with Gasteiger partial charge in [-0.3, -0.25) is 9.69 Å². The average molecular weight is 498 g/mol. The number of aromatic nitrogens is 1. The molecule has 0 unspecified atom stereocenters. The highest BCUT2D eigenvalue weighted by Crippen LogP contribution is 2.35. The first-order valence-electron chi connectivity index (χ1n) is 12.8. The number of ether oxygens (including phenoxy) is 3. The smallest absolute Gasteiger partial charge is 0.231 e. The number of nitrogens with one attached hydrogen (secondary N) is 1. The number of amides is 1. The first-order valence-corrected chi connectivity index (χ1v) is 12.8. The number of para-hydroxylation sites is 1. The van der Waals surface area contributed by atoms with Gasteiger partial charge in [0.05, 0.1) is 7.11 Å². The van der Waals surface area contributed by atoms with E-state index in [0.717, 1.165) is 72.0 Å². The minimum atomic E-state index is -0.0405. The molecule has 2 aliphatic heterocycles. The normalized spacial score (nSPS) is 16.2. The molecule has 0 radical (unpaired) electrons. The Morgan fingerprint density at radius 3 is 2.57 bits per heavy atom. The van der Waals surface area contributed by atoms with Crippen LogP contribution < -0.4 is 14.2 Å². The van der Waals surface area contributed by atoms with E-state index < -0.39 is 0 Å². The molecule has 1 fully saturated rings. The van der Waals surface area contributed by atoms with Crippen LogP contribution in [0, 0.1) is 0 Å². The summed E-state index contributed by atoms with van der Waals surface area (Å²) in [6.45, 7) is 4.28. The summed E-state index contributed by atoms with van der Waals surface area (Å²) in [5, 5.41) is 1.16. The SMILES string of the molecule is COc1ccc([C@H](CC(=O)N2CCN(Cc3ccc4c(c3)OCO4)CC2)c2c[nH]c3ccccc23)cc1. The molecule has 1 saturated heterocycles. The van der Waals surface area contributed by atoms with Crippen LogP contribution in [-0.2, 0) is 11.3 Å². The van der Waals surface area contributed by atoms with Gasteiger partial charge in [-0.25, -0.2) is 0 Å². The Bertz CT molecular complexity index is 1390. The number of methoxy groups -OCH3 is 1. The Morgan fingerprint density at radius 1 is 0.973 bits per heavy atom. The predicted molar refractivity (Wildman–Crippen MR) is 142 cm³/mol. The van der Waals surface area contributed by atoms with Gasteiger partial charge in [0.2, 0.25) is 12.7 Å². The van der Waals surface area contributed by atoms with Gasteiger partial charge in [-0.15, -0.1) is 0 Å². The van der Waals surface area contributed by atoms with Crippen LogP contribution in [0.2, 0.25) is 0 Å². The summed E-state index contributed by atoms with van der Waals surface area (Å²) in [7, 11) is 1.67. The van der Waals surface area contributed by atoms with Crippen molar-refractivity contribution in [3.63, 3.8) is 0 Å². The molecule has 1 N–H and O–H groups in total. The zero-order valence-electron chi connectivity index (χ0n) is 21.0. The summed E-state index contributed by atoms with van der Waals surface area (Å²) in [5.74, 6) is 2.58. The molecule has 37 heavy (non-hydrogen) atoms. The van der Waals surface area contributed by atoms with Crippen LogP contribution >= 0.6 is 0 Å². The van der Waals surface area contributed by atoms with Crippen LogP contribution in [0.3, 0.4) is 0 Å². The van der Waals surface area contributed by atoms with E-state index in [4.69, 9.17) is 14.2 Å². The van der Waals surface area contributed by atoms with E-state index >= 15 is 0 Å². The second kappa shape index (κ2) is 10.2. The van der Waals surface area contributed by atoms with Gasteiger partial charge in [0.1, 0.15) is 5.75 Å². The van der Waals surface area contributed by atoms with E-state index in [1.807, 2.05) is 35.2 Å². The molecule has 6 rings (SSSR count). The van der Waals surface area contributed by atoms with Crippen molar-refractivity contribution in [2.24, 2.45) is 0 Å². The number of hydrogen-bond donors (Lipinski definition) is 1. The van der Waals surface area contributed by atoms with Crippen LogP contribution in [0.5, 0.6) is 17.2 Å². The van der Waals surface area contributed by atoms with E-state index in [2.05, 4.69) is 52.5 Å². The molecule has 1 amide bonds. The number of nitrogens with zero attached hydrogens (tertiary/aromatic N) is 2. The van der Waals surface area contributed by atoms with Crippen molar-refractivity contribution in [3.05, 3.63) is 89.6 Å². The van der Waals surface area contributed by atoms with Crippen LogP contribution in [0.15, 0.2) is 72.9 Å². The van der Waals surface area contributed by atoms with Crippen molar-refractivity contribution in [2.45, 2.75) is 18.9 Å².